The van der Waals surface area contributed by atoms with Crippen molar-refractivity contribution >= 4 is 184 Å². The van der Waals surface area contributed by atoms with Crippen molar-refractivity contribution in [1.82, 2.24) is 92.7 Å². The van der Waals surface area contributed by atoms with Crippen LogP contribution in [0.5, 0.6) is 0 Å². The number of hydrogen-bond acceptors (Lipinski definition) is 36. The summed E-state index contributed by atoms with van der Waals surface area (Å²) < 4.78 is 0. The van der Waals surface area contributed by atoms with Gasteiger partial charge in [-0.25, -0.2) is 44.9 Å². The minimum atomic E-state index is -0.697. The SMILES string of the molecule is CC(=O)N[C@@H](CCCCN)c1nc(C)sc1C(=O)N[C@@H](C)c1nc(CCCCN)sc1C(=O)N[C@@H](C)c1nc(C)sc1C(C)=O.CC(=O)N[C@@H](CCCCN)c1nc(C)sc1C(=O)N[C@@H](CC(C)C)c1nc(CCCCN)sc1C(=O)N[C@@H](C)c1nc(CC(C)C)sc1C(C)=O.CC(=O)N[C@@H](CCCN=C(N)N)c1nc(C)sc1C(=O)N[C@@H](C)c1nc(CCCN=C(N)N)sc1C(=O)N[C@@H](C)c1nc(C)sc1C(C)=O. The minimum absolute atomic E-state index is 0.0143. The molecule has 40 nitrogen and oxygen atoms in total. The molecule has 0 saturated heterocycles. The Morgan fingerprint density at radius 1 is 0.269 bits per heavy atom. The Morgan fingerprint density at radius 2 is 0.510 bits per heavy atom. The predicted molar refractivity (Wildman–Crippen MR) is 579 cm³/mol. The summed E-state index contributed by atoms with van der Waals surface area (Å²) in [6.07, 6.45) is 12.2. The molecule has 0 unspecified atom stereocenters. The molecule has 145 heavy (non-hydrogen) atoms. The van der Waals surface area contributed by atoms with Crippen molar-refractivity contribution in [3.05, 3.63) is 140 Å². The van der Waals surface area contributed by atoms with Gasteiger partial charge in [0.1, 0.15) is 29.3 Å². The molecule has 0 saturated carbocycles. The number of ketones is 3. The van der Waals surface area contributed by atoms with Crippen LogP contribution in [-0.4, -0.2) is 167 Å². The lowest BCUT2D eigenvalue weighted by Gasteiger charge is -2.22. The molecule has 9 aromatic rings. The highest BCUT2D eigenvalue weighted by Gasteiger charge is 2.37. The number of nitrogens with one attached hydrogen (secondary N) is 9. The molecule has 0 aliphatic heterocycles. The van der Waals surface area contributed by atoms with Gasteiger partial charge in [0.05, 0.1) is 165 Å². The molecule has 0 aliphatic carbocycles. The number of aliphatic imine (C=N–C) groups is 2. The second-order valence-corrected chi connectivity index (χ2v) is 46.5. The number of carbonyl (C=O) groups is 12. The molecule has 0 bridgehead atoms. The fourth-order valence-corrected chi connectivity index (χ4v) is 24.6. The van der Waals surface area contributed by atoms with E-state index < -0.39 is 66.2 Å². The van der Waals surface area contributed by atoms with Crippen LogP contribution in [0.3, 0.4) is 0 Å². The maximum atomic E-state index is 14.2. The first-order valence-corrected chi connectivity index (χ1v) is 55.9. The third kappa shape index (κ3) is 37.6. The van der Waals surface area contributed by atoms with Gasteiger partial charge < -0.3 is 93.7 Å². The van der Waals surface area contributed by atoms with Gasteiger partial charge in [-0.15, -0.1) is 102 Å². The average molecular weight is 2170 g/mol. The normalized spacial score (nSPS) is 13.1. The monoisotopic (exact) mass is 2170 g/mol. The molecule has 0 aromatic carbocycles. The number of aryl methyl sites for hydroxylation is 8. The Bertz CT molecular complexity index is 5970. The summed E-state index contributed by atoms with van der Waals surface area (Å²) >= 11 is 11.5. The second kappa shape index (κ2) is 59.3. The van der Waals surface area contributed by atoms with E-state index in [-0.39, 0.29) is 76.5 Å². The topological polar surface area (TPSA) is 662 Å². The van der Waals surface area contributed by atoms with Crippen LogP contribution in [0.1, 0.15) is 431 Å². The number of nitrogens with two attached hydrogens (primary N) is 8. The van der Waals surface area contributed by atoms with Gasteiger partial charge in [-0.05, 0) is 210 Å². The number of thiazole rings is 9. The molecule has 0 spiro atoms. The third-order valence-corrected chi connectivity index (χ3v) is 31.7. The Balaban J connectivity index is 0.000000295. The van der Waals surface area contributed by atoms with E-state index in [1.165, 1.54) is 144 Å². The predicted octanol–water partition coefficient (Wildman–Crippen LogP) is 13.1. The van der Waals surface area contributed by atoms with Gasteiger partial charge >= 0.3 is 0 Å². The fourth-order valence-electron chi connectivity index (χ4n) is 15.6. The summed E-state index contributed by atoms with van der Waals surface area (Å²) in [4.78, 5) is 210. The molecule has 9 atom stereocenters. The van der Waals surface area contributed by atoms with Gasteiger partial charge in [0.2, 0.25) is 17.7 Å². The molecule has 49 heteroatoms. The zero-order chi connectivity index (χ0) is 107. The van der Waals surface area contributed by atoms with E-state index in [4.69, 9.17) is 65.8 Å². The number of hydrogen-bond donors (Lipinski definition) is 17. The van der Waals surface area contributed by atoms with Gasteiger partial charge in [0.25, 0.3) is 35.4 Å². The summed E-state index contributed by atoms with van der Waals surface area (Å²) in [6.45, 7) is 38.0. The molecule has 9 amide bonds. The van der Waals surface area contributed by atoms with E-state index >= 15 is 0 Å². The molecule has 9 aromatic heterocycles. The van der Waals surface area contributed by atoms with Gasteiger partial charge in [-0.1, -0.05) is 27.7 Å². The summed E-state index contributed by atoms with van der Waals surface area (Å²) in [7, 11) is 0. The number of aromatic nitrogens is 9. The highest BCUT2D eigenvalue weighted by atomic mass is 32.1. The molecule has 0 radical (unpaired) electrons. The van der Waals surface area contributed by atoms with Crippen molar-refractivity contribution in [1.29, 1.82) is 0 Å². The van der Waals surface area contributed by atoms with E-state index in [0.717, 1.165) is 77.8 Å². The lowest BCUT2D eigenvalue weighted by Crippen LogP contribution is -2.34. The van der Waals surface area contributed by atoms with Crippen LogP contribution in [0, 0.1) is 46.5 Å². The maximum Gasteiger partial charge on any atom is 0.263 e. The highest BCUT2D eigenvalue weighted by molar-refractivity contribution is 7.16. The Kier molecular flexibility index (Phi) is 49.6. The van der Waals surface area contributed by atoms with Gasteiger partial charge in [0, 0.05) is 67.5 Å². The van der Waals surface area contributed by atoms with Crippen molar-refractivity contribution in [2.75, 3.05) is 39.3 Å². The quantitative estimate of drug-likeness (QED) is 0.00728. The molecule has 0 fully saturated rings. The number of guanidine groups is 2. The lowest BCUT2D eigenvalue weighted by atomic mass is 9.99. The highest BCUT2D eigenvalue weighted by Crippen LogP contribution is 2.39. The van der Waals surface area contributed by atoms with E-state index in [2.05, 4.69) is 110 Å². The fraction of sp³-hybridized carbons (Fsp3) is 0.573. The summed E-state index contributed by atoms with van der Waals surface area (Å²) in [6, 6.07) is -4.94. The van der Waals surface area contributed by atoms with E-state index in [1.54, 1.807) is 41.5 Å². The minimum Gasteiger partial charge on any atom is -0.370 e. The molecule has 25 N–H and O–H groups in total. The van der Waals surface area contributed by atoms with Gasteiger partial charge in [-0.2, -0.15) is 0 Å². The largest absolute Gasteiger partial charge is 0.370 e. The van der Waals surface area contributed by atoms with Gasteiger partial charge in [-0.3, -0.25) is 67.5 Å². The van der Waals surface area contributed by atoms with E-state index in [0.29, 0.717) is 223 Å². The third-order valence-electron chi connectivity index (χ3n) is 22.0. The van der Waals surface area contributed by atoms with Crippen LogP contribution in [0.25, 0.3) is 0 Å². The van der Waals surface area contributed by atoms with Crippen molar-refractivity contribution in [3.63, 3.8) is 0 Å². The maximum absolute atomic E-state index is 14.2. The summed E-state index contributed by atoms with van der Waals surface area (Å²) in [5.41, 5.74) is 49.0. The Hall–Kier alpha value is -10.7. The van der Waals surface area contributed by atoms with Crippen LogP contribution in [-0.2, 0) is 40.1 Å². The molecular weight excluding hydrogens is 2030 g/mol. The molecular formula is C96H144N28O12S9. The number of nitrogens with zero attached hydrogens (tertiary/aromatic N) is 11. The Labute approximate surface area is 883 Å². The van der Waals surface area contributed by atoms with E-state index in [1.807, 2.05) is 27.7 Å². The van der Waals surface area contributed by atoms with Crippen molar-refractivity contribution in [2.24, 2.45) is 67.7 Å². The van der Waals surface area contributed by atoms with Crippen LogP contribution in [0.4, 0.5) is 0 Å². The smallest absolute Gasteiger partial charge is 0.263 e. The summed E-state index contributed by atoms with van der Waals surface area (Å²) in [5, 5.41) is 33.6. The number of rotatable bonds is 55. The molecule has 0 aliphatic rings. The standard InChI is InChI=1S/C36H56N8O4S3.C30H44N12O4S3.C30H44N8O4S3/c1-19(2)17-26(42-36(48)33-30(41-24(8)49-33)25(40-23(7)46)13-9-11-15-37)31-34(50-27(43-31)14-10-12-16-38)35(47)39-21(5)29-32(22(6)45)51-28(44-29)18-20(3)4;1-13(21-24(15(3)43)47-17(5)40-21)37-27(45)25-22(42-20(49-25)10-8-12-36-30(33)34)14(2)38-28(46)26-23(41-18(6)48-26)19(39-16(4)44)9-7-11-35-29(31)32;1-15(23-26(17(3)39)43-19(5)36-23)33-29(41)27-24(38-22(45-27)12-8-10-14-32)16(2)34-30(42)28-25(37-20(6)44-28)21(35-18(4)40)11-7-9-13-31/h19-21,25-26H,9-18,37-38H2,1-8H3,(H,39,47)(H,40,46)(H,42,48);13-14,19H,7-12H2,1-6H3,(H,37,45)(H,38,46)(H,39,44)(H4,31,32,35)(H4,33,34,36);15-16,21H,7-14,31-32H2,1-6H3,(H,33,41)(H,34,42)(H,35,40)/t21-,25-,26-;13-,14-,19-;15-,16-,21-/m000/s1. The van der Waals surface area contributed by atoms with Crippen LogP contribution in [0.2, 0.25) is 0 Å². The number of Topliss-reactive ketones (excluding diaryl/α,β-unsaturated/α-hetero) is 3. The second-order valence-electron chi connectivity index (χ2n) is 36.1. The molecule has 794 valence electrons. The number of amides is 9. The van der Waals surface area contributed by atoms with E-state index in [9.17, 15) is 57.5 Å². The van der Waals surface area contributed by atoms with Crippen molar-refractivity contribution < 1.29 is 57.5 Å². The average Bonchev–Trinajstić information content (AvgIpc) is 1.65. The van der Waals surface area contributed by atoms with Crippen LogP contribution < -0.4 is 93.7 Å². The van der Waals surface area contributed by atoms with Crippen molar-refractivity contribution in [2.45, 2.75) is 308 Å². The first-order chi connectivity index (χ1) is 68.6. The van der Waals surface area contributed by atoms with Crippen molar-refractivity contribution in [3.8, 4) is 0 Å². The Morgan fingerprint density at radius 3 is 0.821 bits per heavy atom. The summed E-state index contributed by atoms with van der Waals surface area (Å²) in [5.74, 6) is -2.78. The molecule has 9 heterocycles. The number of unbranched alkanes of at least 4 members (excludes halogenated alkanes) is 4. The first-order valence-electron chi connectivity index (χ1n) is 48.5. The number of carbonyl (C=O) groups excluding carboxylic acids is 12. The van der Waals surface area contributed by atoms with Gasteiger partial charge in [0.15, 0.2) is 29.3 Å². The zero-order valence-corrected chi connectivity index (χ0v) is 93.8. The molecule has 9 rings (SSSR count). The lowest BCUT2D eigenvalue weighted by molar-refractivity contribution is -0.120. The van der Waals surface area contributed by atoms with Crippen LogP contribution in [0.15, 0.2) is 9.98 Å². The van der Waals surface area contributed by atoms with Crippen LogP contribution >= 0.6 is 102 Å². The first kappa shape index (κ1) is 121. The zero-order valence-electron chi connectivity index (χ0n) is 86.4.